The maximum atomic E-state index is 12.7. The molecular formula is C25H36Cl2N4O. The van der Waals surface area contributed by atoms with Gasteiger partial charge in [-0.3, -0.25) is 4.79 Å². The number of amides is 1. The van der Waals surface area contributed by atoms with Gasteiger partial charge in [0.15, 0.2) is 0 Å². The number of benzene rings is 2. The molecule has 2 aliphatic rings. The zero-order chi connectivity index (χ0) is 20.8. The van der Waals surface area contributed by atoms with E-state index in [0.29, 0.717) is 5.92 Å². The van der Waals surface area contributed by atoms with Gasteiger partial charge in [0, 0.05) is 44.0 Å². The molecule has 32 heavy (non-hydrogen) atoms. The third-order valence-electron chi connectivity index (χ3n) is 6.40. The molecule has 0 saturated carbocycles. The lowest BCUT2D eigenvalue weighted by Crippen LogP contribution is -2.45. The summed E-state index contributed by atoms with van der Waals surface area (Å²) in [6.07, 6.45) is 3.31. The number of nitrogens with zero attached hydrogens (tertiary/aromatic N) is 2. The van der Waals surface area contributed by atoms with Crippen molar-refractivity contribution in [1.29, 1.82) is 0 Å². The predicted octanol–water partition coefficient (Wildman–Crippen LogP) is 3.72. The number of carbonyl (C=O) groups excluding carboxylic acids is 1. The molecule has 7 heteroatoms. The number of hydrogen-bond donors (Lipinski definition) is 2. The fourth-order valence-electron chi connectivity index (χ4n) is 4.38. The lowest BCUT2D eigenvalue weighted by molar-refractivity contribution is 0.102. The molecule has 0 radical (unpaired) electrons. The number of halogens is 2. The standard InChI is InChI=1S/C25H34N4O.2ClH/c1-28-13-15-29(16-14-28)12-10-20-5-7-24(8-6-20)27-25(30)23-4-2-3-21(18-23)17-22-9-11-26-19-22;;/h2-8,18,22,26H,9-17,19H2,1H3,(H,27,30);2*1H. The van der Waals surface area contributed by atoms with Crippen LogP contribution >= 0.6 is 24.8 Å². The van der Waals surface area contributed by atoms with E-state index in [1.165, 1.54) is 17.5 Å². The average molecular weight is 479 g/mol. The molecule has 2 fully saturated rings. The molecule has 176 valence electrons. The molecule has 5 nitrogen and oxygen atoms in total. The van der Waals surface area contributed by atoms with E-state index in [-0.39, 0.29) is 30.7 Å². The minimum absolute atomic E-state index is 0. The molecule has 0 aliphatic carbocycles. The molecular weight excluding hydrogens is 443 g/mol. The van der Waals surface area contributed by atoms with Crippen molar-refractivity contribution in [2.45, 2.75) is 19.3 Å². The molecule has 2 aromatic carbocycles. The Morgan fingerprint density at radius 3 is 2.47 bits per heavy atom. The molecule has 1 amide bonds. The summed E-state index contributed by atoms with van der Waals surface area (Å²) in [6, 6.07) is 16.4. The quantitative estimate of drug-likeness (QED) is 0.636. The van der Waals surface area contributed by atoms with E-state index in [0.717, 1.165) is 69.9 Å². The monoisotopic (exact) mass is 478 g/mol. The van der Waals surface area contributed by atoms with E-state index in [1.807, 2.05) is 30.3 Å². The highest BCUT2D eigenvalue weighted by atomic mass is 35.5. The molecule has 1 atom stereocenters. The van der Waals surface area contributed by atoms with E-state index >= 15 is 0 Å². The number of hydrogen-bond acceptors (Lipinski definition) is 4. The second kappa shape index (κ2) is 13.2. The number of likely N-dealkylation sites (N-methyl/N-ethyl adjacent to an activating group) is 1. The fourth-order valence-corrected chi connectivity index (χ4v) is 4.38. The summed E-state index contributed by atoms with van der Waals surface area (Å²) < 4.78 is 0. The van der Waals surface area contributed by atoms with E-state index in [2.05, 4.69) is 45.7 Å². The van der Waals surface area contributed by atoms with Crippen molar-refractivity contribution in [1.82, 2.24) is 15.1 Å². The van der Waals surface area contributed by atoms with Gasteiger partial charge < -0.3 is 20.4 Å². The molecule has 2 aliphatic heterocycles. The van der Waals surface area contributed by atoms with Crippen LogP contribution in [0.1, 0.15) is 27.9 Å². The highest BCUT2D eigenvalue weighted by molar-refractivity contribution is 6.04. The molecule has 4 rings (SSSR count). The highest BCUT2D eigenvalue weighted by Gasteiger charge is 2.16. The van der Waals surface area contributed by atoms with Crippen molar-refractivity contribution in [3.8, 4) is 0 Å². The van der Waals surface area contributed by atoms with Gasteiger partial charge in [0.2, 0.25) is 0 Å². The van der Waals surface area contributed by atoms with Crippen LogP contribution in [0, 0.1) is 5.92 Å². The lowest BCUT2D eigenvalue weighted by atomic mass is 9.97. The first-order valence-electron chi connectivity index (χ1n) is 11.3. The van der Waals surface area contributed by atoms with Gasteiger partial charge in [0.1, 0.15) is 0 Å². The van der Waals surface area contributed by atoms with Gasteiger partial charge in [-0.05, 0) is 80.7 Å². The van der Waals surface area contributed by atoms with Crippen molar-refractivity contribution in [2.24, 2.45) is 5.92 Å². The normalized spacial score (nSPS) is 19.1. The molecule has 2 aromatic rings. The summed E-state index contributed by atoms with van der Waals surface area (Å²) in [5.74, 6) is 0.647. The van der Waals surface area contributed by atoms with Crippen molar-refractivity contribution in [3.05, 3.63) is 65.2 Å². The molecule has 0 spiro atoms. The van der Waals surface area contributed by atoms with Crippen LogP contribution in [0.3, 0.4) is 0 Å². The van der Waals surface area contributed by atoms with E-state index in [1.54, 1.807) is 0 Å². The first kappa shape index (κ1) is 26.6. The molecule has 2 N–H and O–H groups in total. The zero-order valence-corrected chi connectivity index (χ0v) is 20.5. The van der Waals surface area contributed by atoms with Gasteiger partial charge in [0.05, 0.1) is 0 Å². The van der Waals surface area contributed by atoms with Crippen molar-refractivity contribution in [2.75, 3.05) is 58.2 Å². The van der Waals surface area contributed by atoms with Crippen LogP contribution in [-0.2, 0) is 12.8 Å². The van der Waals surface area contributed by atoms with E-state index in [4.69, 9.17) is 0 Å². The van der Waals surface area contributed by atoms with Crippen molar-refractivity contribution < 1.29 is 4.79 Å². The van der Waals surface area contributed by atoms with E-state index in [9.17, 15) is 4.79 Å². The van der Waals surface area contributed by atoms with Crippen molar-refractivity contribution >= 4 is 36.4 Å². The first-order valence-corrected chi connectivity index (χ1v) is 11.3. The maximum absolute atomic E-state index is 12.7. The Morgan fingerprint density at radius 1 is 1.03 bits per heavy atom. The zero-order valence-electron chi connectivity index (χ0n) is 18.9. The third kappa shape index (κ3) is 7.75. The first-order chi connectivity index (χ1) is 14.7. The average Bonchev–Trinajstić information content (AvgIpc) is 3.27. The van der Waals surface area contributed by atoms with Crippen LogP contribution in [0.2, 0.25) is 0 Å². The Balaban J connectivity index is 0.00000181. The molecule has 1 unspecified atom stereocenters. The lowest BCUT2D eigenvalue weighted by Gasteiger charge is -2.32. The second-order valence-electron chi connectivity index (χ2n) is 8.81. The number of anilines is 1. The SMILES string of the molecule is CN1CCN(CCc2ccc(NC(=O)c3cccc(CC4CCNC4)c3)cc2)CC1.Cl.Cl. The summed E-state index contributed by atoms with van der Waals surface area (Å²) in [5.41, 5.74) is 4.15. The Morgan fingerprint density at radius 2 is 1.78 bits per heavy atom. The van der Waals surface area contributed by atoms with Gasteiger partial charge in [-0.1, -0.05) is 24.3 Å². The maximum Gasteiger partial charge on any atom is 0.255 e. The number of carbonyl (C=O) groups is 1. The second-order valence-corrected chi connectivity index (χ2v) is 8.81. The minimum atomic E-state index is -0.0356. The summed E-state index contributed by atoms with van der Waals surface area (Å²) in [7, 11) is 2.19. The Hall–Kier alpha value is -1.63. The molecule has 2 saturated heterocycles. The van der Waals surface area contributed by atoms with E-state index < -0.39 is 0 Å². The molecule has 2 heterocycles. The van der Waals surface area contributed by atoms with Crippen LogP contribution in [0.5, 0.6) is 0 Å². The van der Waals surface area contributed by atoms with Crippen LogP contribution in [0.4, 0.5) is 5.69 Å². The predicted molar refractivity (Wildman–Crippen MR) is 138 cm³/mol. The Kier molecular flexibility index (Phi) is 11.0. The van der Waals surface area contributed by atoms with Crippen LogP contribution in [0.15, 0.2) is 48.5 Å². The van der Waals surface area contributed by atoms with Crippen LogP contribution in [-0.4, -0.2) is 68.6 Å². The fraction of sp³-hybridized carbons (Fsp3) is 0.480. The summed E-state index contributed by atoms with van der Waals surface area (Å²) in [5, 5.41) is 6.46. The topological polar surface area (TPSA) is 47.6 Å². The summed E-state index contributed by atoms with van der Waals surface area (Å²) >= 11 is 0. The third-order valence-corrected chi connectivity index (χ3v) is 6.40. The molecule has 0 bridgehead atoms. The Bertz CT molecular complexity index is 832. The summed E-state index contributed by atoms with van der Waals surface area (Å²) in [6.45, 7) is 7.91. The van der Waals surface area contributed by atoms with Crippen molar-refractivity contribution in [3.63, 3.8) is 0 Å². The largest absolute Gasteiger partial charge is 0.322 e. The minimum Gasteiger partial charge on any atom is -0.322 e. The highest BCUT2D eigenvalue weighted by Crippen LogP contribution is 2.18. The number of nitrogens with one attached hydrogen (secondary N) is 2. The smallest absolute Gasteiger partial charge is 0.255 e. The van der Waals surface area contributed by atoms with Gasteiger partial charge in [-0.25, -0.2) is 0 Å². The van der Waals surface area contributed by atoms with Gasteiger partial charge in [-0.2, -0.15) is 0 Å². The van der Waals surface area contributed by atoms with Crippen LogP contribution < -0.4 is 10.6 Å². The molecule has 0 aromatic heterocycles. The van der Waals surface area contributed by atoms with Gasteiger partial charge in [0.25, 0.3) is 5.91 Å². The number of piperazine rings is 1. The Labute approximate surface area is 204 Å². The van der Waals surface area contributed by atoms with Crippen LogP contribution in [0.25, 0.3) is 0 Å². The van der Waals surface area contributed by atoms with Gasteiger partial charge >= 0.3 is 0 Å². The summed E-state index contributed by atoms with van der Waals surface area (Å²) in [4.78, 5) is 17.6. The number of rotatable bonds is 7. The van der Waals surface area contributed by atoms with Gasteiger partial charge in [-0.15, -0.1) is 24.8 Å².